The summed E-state index contributed by atoms with van der Waals surface area (Å²) in [6.07, 6.45) is -4.84. The number of nitrogens with one attached hydrogen (secondary N) is 1. The lowest BCUT2D eigenvalue weighted by molar-refractivity contribution is -0.274. The van der Waals surface area contributed by atoms with Crippen LogP contribution < -0.4 is 14.8 Å². The van der Waals surface area contributed by atoms with Gasteiger partial charge in [0.05, 0.1) is 22.7 Å². The molecule has 0 saturated heterocycles. The molecule has 0 aliphatic rings. The van der Waals surface area contributed by atoms with Gasteiger partial charge in [0.1, 0.15) is 18.1 Å². The largest absolute Gasteiger partial charge is 0.573 e. The first-order chi connectivity index (χ1) is 13.5. The molecule has 0 bridgehead atoms. The highest BCUT2D eigenvalue weighted by atomic mass is 35.5. The second-order valence-electron chi connectivity index (χ2n) is 6.02. The SMILES string of the molecule is CC(C#N)(COc1ccc(C#N)cc1Cl)NC(=O)c1ccc(OC(F)(F)F)cc1. The fraction of sp³-hybridized carbons (Fsp3) is 0.211. The zero-order chi connectivity index (χ0) is 21.7. The number of ether oxygens (including phenoxy) is 2. The molecule has 0 aliphatic heterocycles. The molecule has 1 amide bonds. The minimum atomic E-state index is -4.84. The Kier molecular flexibility index (Phi) is 6.57. The summed E-state index contributed by atoms with van der Waals surface area (Å²) < 4.78 is 45.8. The minimum Gasteiger partial charge on any atom is -0.488 e. The van der Waals surface area contributed by atoms with Crippen LogP contribution in [-0.2, 0) is 0 Å². The number of alkyl halides is 3. The molecular weight excluding hydrogens is 411 g/mol. The van der Waals surface area contributed by atoms with Crippen LogP contribution in [0.4, 0.5) is 13.2 Å². The summed E-state index contributed by atoms with van der Waals surface area (Å²) in [6.45, 7) is 1.14. The normalized spacial score (nSPS) is 12.8. The van der Waals surface area contributed by atoms with Crippen LogP contribution in [0.1, 0.15) is 22.8 Å². The molecular formula is C19H13ClF3N3O3. The van der Waals surface area contributed by atoms with Gasteiger partial charge in [0.25, 0.3) is 5.91 Å². The number of carbonyl (C=O) groups is 1. The number of hydrogen-bond acceptors (Lipinski definition) is 5. The van der Waals surface area contributed by atoms with E-state index in [4.69, 9.17) is 21.6 Å². The number of carbonyl (C=O) groups excluding carboxylic acids is 1. The van der Waals surface area contributed by atoms with Gasteiger partial charge < -0.3 is 14.8 Å². The van der Waals surface area contributed by atoms with Crippen LogP contribution in [0, 0.1) is 22.7 Å². The quantitative estimate of drug-likeness (QED) is 0.751. The van der Waals surface area contributed by atoms with Crippen LogP contribution >= 0.6 is 11.6 Å². The number of halogens is 4. The lowest BCUT2D eigenvalue weighted by atomic mass is 10.0. The van der Waals surface area contributed by atoms with Crippen molar-refractivity contribution in [3.63, 3.8) is 0 Å². The monoisotopic (exact) mass is 423 g/mol. The molecule has 0 heterocycles. The topological polar surface area (TPSA) is 95.1 Å². The standard InChI is InChI=1S/C19H13ClF3N3O3/c1-18(10-25,11-28-16-7-2-12(9-24)8-15(16)20)26-17(27)13-3-5-14(6-4-13)29-19(21,22)23/h2-8H,11H2,1H3,(H,26,27). The van der Waals surface area contributed by atoms with Crippen molar-refractivity contribution in [3.05, 3.63) is 58.6 Å². The first-order valence-corrected chi connectivity index (χ1v) is 8.35. The summed E-state index contributed by atoms with van der Waals surface area (Å²) in [5, 5.41) is 20.9. The van der Waals surface area contributed by atoms with E-state index >= 15 is 0 Å². The summed E-state index contributed by atoms with van der Waals surface area (Å²) in [5.74, 6) is -0.951. The average molecular weight is 424 g/mol. The van der Waals surface area contributed by atoms with Gasteiger partial charge in [-0.2, -0.15) is 10.5 Å². The average Bonchev–Trinajstić information content (AvgIpc) is 2.66. The summed E-state index contributed by atoms with van der Waals surface area (Å²) >= 11 is 6.00. The zero-order valence-electron chi connectivity index (χ0n) is 14.9. The first-order valence-electron chi connectivity index (χ1n) is 7.97. The maximum atomic E-state index is 12.3. The van der Waals surface area contributed by atoms with Gasteiger partial charge in [-0.05, 0) is 49.4 Å². The number of nitriles is 2. The van der Waals surface area contributed by atoms with Gasteiger partial charge in [-0.3, -0.25) is 4.79 Å². The number of hydrogen-bond donors (Lipinski definition) is 1. The van der Waals surface area contributed by atoms with E-state index in [1.807, 2.05) is 12.1 Å². The highest BCUT2D eigenvalue weighted by Crippen LogP contribution is 2.26. The van der Waals surface area contributed by atoms with Crippen molar-refractivity contribution in [2.45, 2.75) is 18.8 Å². The van der Waals surface area contributed by atoms with E-state index < -0.39 is 23.6 Å². The van der Waals surface area contributed by atoms with Crippen LogP contribution in [0.2, 0.25) is 5.02 Å². The fourth-order valence-corrected chi connectivity index (χ4v) is 2.37. The summed E-state index contributed by atoms with van der Waals surface area (Å²) in [5.41, 5.74) is -1.11. The molecule has 2 aromatic rings. The van der Waals surface area contributed by atoms with Crippen LogP contribution in [0.15, 0.2) is 42.5 Å². The van der Waals surface area contributed by atoms with Crippen molar-refractivity contribution < 1.29 is 27.4 Å². The van der Waals surface area contributed by atoms with E-state index in [0.717, 1.165) is 24.3 Å². The van der Waals surface area contributed by atoms with E-state index in [1.165, 1.54) is 25.1 Å². The molecule has 0 spiro atoms. The smallest absolute Gasteiger partial charge is 0.488 e. The van der Waals surface area contributed by atoms with Crippen molar-refractivity contribution in [2.24, 2.45) is 0 Å². The van der Waals surface area contributed by atoms with E-state index in [2.05, 4.69) is 10.1 Å². The van der Waals surface area contributed by atoms with Crippen LogP contribution in [-0.4, -0.2) is 24.4 Å². The Labute approximate surface area is 169 Å². The molecule has 6 nitrogen and oxygen atoms in total. The van der Waals surface area contributed by atoms with Gasteiger partial charge in [-0.15, -0.1) is 13.2 Å². The Balaban J connectivity index is 2.05. The van der Waals surface area contributed by atoms with Gasteiger partial charge in [-0.25, -0.2) is 0 Å². The number of nitrogens with zero attached hydrogens (tertiary/aromatic N) is 2. The minimum absolute atomic E-state index is 0.0254. The van der Waals surface area contributed by atoms with Crippen LogP contribution in [0.25, 0.3) is 0 Å². The molecule has 0 radical (unpaired) electrons. The third kappa shape index (κ3) is 6.30. The zero-order valence-corrected chi connectivity index (χ0v) is 15.6. The maximum Gasteiger partial charge on any atom is 0.573 e. The Hall–Kier alpha value is -3.43. The predicted molar refractivity (Wildman–Crippen MR) is 96.3 cm³/mol. The Morgan fingerprint density at radius 3 is 2.34 bits per heavy atom. The Morgan fingerprint density at radius 2 is 1.83 bits per heavy atom. The van der Waals surface area contributed by atoms with Crippen molar-refractivity contribution in [1.82, 2.24) is 5.32 Å². The van der Waals surface area contributed by atoms with Crippen LogP contribution in [0.5, 0.6) is 11.5 Å². The molecule has 1 unspecified atom stereocenters. The highest BCUT2D eigenvalue weighted by molar-refractivity contribution is 6.32. The second kappa shape index (κ2) is 8.72. The summed E-state index contributed by atoms with van der Waals surface area (Å²) in [6, 6.07) is 12.4. The number of rotatable bonds is 6. The predicted octanol–water partition coefficient (Wildman–Crippen LogP) is 4.20. The number of amides is 1. The Morgan fingerprint density at radius 1 is 1.17 bits per heavy atom. The van der Waals surface area contributed by atoms with Crippen molar-refractivity contribution >= 4 is 17.5 Å². The molecule has 1 N–H and O–H groups in total. The molecule has 0 aromatic heterocycles. The second-order valence-corrected chi connectivity index (χ2v) is 6.42. The molecule has 150 valence electrons. The molecule has 29 heavy (non-hydrogen) atoms. The van der Waals surface area contributed by atoms with E-state index in [0.29, 0.717) is 5.56 Å². The third-order valence-corrected chi connectivity index (χ3v) is 3.86. The van der Waals surface area contributed by atoms with Gasteiger partial charge in [0.2, 0.25) is 0 Å². The van der Waals surface area contributed by atoms with E-state index in [9.17, 15) is 23.2 Å². The van der Waals surface area contributed by atoms with Gasteiger partial charge in [0.15, 0.2) is 5.54 Å². The van der Waals surface area contributed by atoms with Gasteiger partial charge >= 0.3 is 6.36 Å². The molecule has 0 saturated carbocycles. The highest BCUT2D eigenvalue weighted by Gasteiger charge is 2.31. The third-order valence-electron chi connectivity index (χ3n) is 3.56. The van der Waals surface area contributed by atoms with Gasteiger partial charge in [-0.1, -0.05) is 11.6 Å². The number of benzene rings is 2. The molecule has 0 aliphatic carbocycles. The molecule has 2 rings (SSSR count). The molecule has 10 heteroatoms. The Bertz CT molecular complexity index is 981. The van der Waals surface area contributed by atoms with Gasteiger partial charge in [0, 0.05) is 5.56 Å². The first kappa shape index (κ1) is 21.9. The van der Waals surface area contributed by atoms with E-state index in [-0.39, 0.29) is 22.9 Å². The van der Waals surface area contributed by atoms with E-state index in [1.54, 1.807) is 0 Å². The summed E-state index contributed by atoms with van der Waals surface area (Å²) in [4.78, 5) is 12.3. The molecule has 2 aromatic carbocycles. The molecule has 1 atom stereocenters. The van der Waals surface area contributed by atoms with Crippen LogP contribution in [0.3, 0.4) is 0 Å². The lowest BCUT2D eigenvalue weighted by Gasteiger charge is -2.24. The summed E-state index contributed by atoms with van der Waals surface area (Å²) in [7, 11) is 0. The van der Waals surface area contributed by atoms with Crippen molar-refractivity contribution in [1.29, 1.82) is 10.5 Å². The fourth-order valence-electron chi connectivity index (χ4n) is 2.14. The van der Waals surface area contributed by atoms with Crippen molar-refractivity contribution in [3.8, 4) is 23.6 Å². The molecule has 0 fully saturated rings. The lowest BCUT2D eigenvalue weighted by Crippen LogP contribution is -2.49. The van der Waals surface area contributed by atoms with Crippen molar-refractivity contribution in [2.75, 3.05) is 6.61 Å². The maximum absolute atomic E-state index is 12.3.